The molecule has 3 nitrogen and oxygen atoms in total. The highest BCUT2D eigenvalue weighted by Gasteiger charge is 2.04. The fraction of sp³-hybridized carbons (Fsp3) is 0.812. The predicted molar refractivity (Wildman–Crippen MR) is 81.0 cm³/mol. The number of esters is 1. The standard InChI is InChI=1S/C16H32NO2/c1-5-16(18)19-15-13-11-9-7-6-8-10-12-14-17(2,3)4/h5H,1,6-15H2,2-4H3/q+1. The molecule has 0 amide bonds. The summed E-state index contributed by atoms with van der Waals surface area (Å²) in [6.45, 7) is 5.17. The summed E-state index contributed by atoms with van der Waals surface area (Å²) in [5.74, 6) is -0.308. The lowest BCUT2D eigenvalue weighted by Crippen LogP contribution is -2.35. The summed E-state index contributed by atoms with van der Waals surface area (Å²) >= 11 is 0. The molecule has 0 unspecified atom stereocenters. The van der Waals surface area contributed by atoms with Crippen molar-refractivity contribution in [1.29, 1.82) is 0 Å². The second-order valence-electron chi connectivity index (χ2n) is 6.21. The third-order valence-electron chi connectivity index (χ3n) is 3.13. The molecule has 0 aliphatic rings. The summed E-state index contributed by atoms with van der Waals surface area (Å²) in [4.78, 5) is 10.8. The van der Waals surface area contributed by atoms with E-state index in [1.54, 1.807) is 0 Å². The van der Waals surface area contributed by atoms with E-state index in [0.29, 0.717) is 6.61 Å². The average Bonchev–Trinajstić information content (AvgIpc) is 2.34. The van der Waals surface area contributed by atoms with Crippen molar-refractivity contribution in [2.24, 2.45) is 0 Å². The molecule has 0 atom stereocenters. The van der Waals surface area contributed by atoms with Gasteiger partial charge in [0, 0.05) is 6.08 Å². The molecule has 0 aromatic rings. The summed E-state index contributed by atoms with van der Waals surface area (Å²) < 4.78 is 6.00. The van der Waals surface area contributed by atoms with Crippen LogP contribution in [0.15, 0.2) is 12.7 Å². The average molecular weight is 270 g/mol. The first kappa shape index (κ1) is 18.2. The first-order valence-corrected chi connectivity index (χ1v) is 7.55. The molecule has 0 fully saturated rings. The van der Waals surface area contributed by atoms with E-state index in [-0.39, 0.29) is 5.97 Å². The zero-order chi connectivity index (χ0) is 14.6. The normalized spacial score (nSPS) is 11.3. The molecule has 112 valence electrons. The van der Waals surface area contributed by atoms with Gasteiger partial charge in [-0.1, -0.05) is 38.7 Å². The van der Waals surface area contributed by atoms with Gasteiger partial charge < -0.3 is 9.22 Å². The molecule has 0 aromatic carbocycles. The van der Waals surface area contributed by atoms with E-state index in [0.717, 1.165) is 17.3 Å². The third-order valence-corrected chi connectivity index (χ3v) is 3.13. The summed E-state index contributed by atoms with van der Waals surface area (Å²) in [6, 6.07) is 0. The molecule has 0 bridgehead atoms. The van der Waals surface area contributed by atoms with Crippen LogP contribution in [0.2, 0.25) is 0 Å². The van der Waals surface area contributed by atoms with E-state index >= 15 is 0 Å². The number of ether oxygens (including phenoxy) is 1. The zero-order valence-electron chi connectivity index (χ0n) is 13.1. The number of carbonyl (C=O) groups excluding carboxylic acids is 1. The maximum Gasteiger partial charge on any atom is 0.330 e. The predicted octanol–water partition coefficient (Wildman–Crippen LogP) is 3.54. The molecule has 0 radical (unpaired) electrons. The molecule has 0 saturated heterocycles. The molecule has 0 heterocycles. The van der Waals surface area contributed by atoms with Crippen molar-refractivity contribution in [2.45, 2.75) is 51.4 Å². The van der Waals surface area contributed by atoms with E-state index < -0.39 is 0 Å². The van der Waals surface area contributed by atoms with Crippen molar-refractivity contribution in [2.75, 3.05) is 34.3 Å². The van der Waals surface area contributed by atoms with E-state index in [2.05, 4.69) is 27.7 Å². The number of quaternary nitrogens is 1. The summed E-state index contributed by atoms with van der Waals surface area (Å²) in [7, 11) is 6.75. The first-order chi connectivity index (χ1) is 8.95. The number of nitrogens with zero attached hydrogens (tertiary/aromatic N) is 1. The van der Waals surface area contributed by atoms with Crippen LogP contribution in [0.1, 0.15) is 51.4 Å². The summed E-state index contributed by atoms with van der Waals surface area (Å²) in [5, 5.41) is 0. The Kier molecular flexibility index (Phi) is 10.6. The largest absolute Gasteiger partial charge is 0.463 e. The molecular weight excluding hydrogens is 238 g/mol. The highest BCUT2D eigenvalue weighted by Crippen LogP contribution is 2.09. The smallest absolute Gasteiger partial charge is 0.330 e. The fourth-order valence-corrected chi connectivity index (χ4v) is 1.98. The van der Waals surface area contributed by atoms with Crippen molar-refractivity contribution < 1.29 is 14.0 Å². The lowest BCUT2D eigenvalue weighted by atomic mass is 10.1. The Morgan fingerprint density at radius 3 is 1.89 bits per heavy atom. The van der Waals surface area contributed by atoms with Gasteiger partial charge in [-0.15, -0.1) is 0 Å². The quantitative estimate of drug-likeness (QED) is 0.235. The summed E-state index contributed by atoms with van der Waals surface area (Å²) in [5.41, 5.74) is 0. The highest BCUT2D eigenvalue weighted by molar-refractivity contribution is 5.81. The Hall–Kier alpha value is -0.830. The maximum absolute atomic E-state index is 10.8. The van der Waals surface area contributed by atoms with E-state index in [4.69, 9.17) is 4.74 Å². The zero-order valence-corrected chi connectivity index (χ0v) is 13.1. The molecule has 0 aliphatic heterocycles. The Bertz CT molecular complexity index is 244. The molecule has 0 aromatic heterocycles. The Balaban J connectivity index is 3.11. The third kappa shape index (κ3) is 15.1. The monoisotopic (exact) mass is 270 g/mol. The number of hydrogen-bond donors (Lipinski definition) is 0. The van der Waals surface area contributed by atoms with Crippen molar-refractivity contribution >= 4 is 5.97 Å². The molecule has 19 heavy (non-hydrogen) atoms. The van der Waals surface area contributed by atoms with Crippen LogP contribution in [0.4, 0.5) is 0 Å². The van der Waals surface area contributed by atoms with Crippen LogP contribution in [0, 0.1) is 0 Å². The molecule has 0 aliphatic carbocycles. The Morgan fingerprint density at radius 1 is 0.947 bits per heavy atom. The van der Waals surface area contributed by atoms with Crippen LogP contribution in [0.25, 0.3) is 0 Å². The van der Waals surface area contributed by atoms with Crippen molar-refractivity contribution in [3.63, 3.8) is 0 Å². The van der Waals surface area contributed by atoms with Gasteiger partial charge in [-0.05, 0) is 19.3 Å². The number of carbonyl (C=O) groups is 1. The number of hydrogen-bond acceptors (Lipinski definition) is 2. The van der Waals surface area contributed by atoms with Gasteiger partial charge in [-0.3, -0.25) is 0 Å². The van der Waals surface area contributed by atoms with Crippen molar-refractivity contribution in [3.8, 4) is 0 Å². The lowest BCUT2D eigenvalue weighted by Gasteiger charge is -2.23. The van der Waals surface area contributed by atoms with E-state index in [1.165, 1.54) is 51.1 Å². The minimum Gasteiger partial charge on any atom is -0.463 e. The van der Waals surface area contributed by atoms with Gasteiger partial charge in [0.1, 0.15) is 0 Å². The Morgan fingerprint density at radius 2 is 1.42 bits per heavy atom. The van der Waals surface area contributed by atoms with Gasteiger partial charge >= 0.3 is 5.97 Å². The maximum atomic E-state index is 10.8. The lowest BCUT2D eigenvalue weighted by molar-refractivity contribution is -0.870. The van der Waals surface area contributed by atoms with Gasteiger partial charge in [0.15, 0.2) is 0 Å². The van der Waals surface area contributed by atoms with Gasteiger partial charge in [0.2, 0.25) is 0 Å². The van der Waals surface area contributed by atoms with Crippen LogP contribution in [0.3, 0.4) is 0 Å². The second-order valence-corrected chi connectivity index (χ2v) is 6.21. The highest BCUT2D eigenvalue weighted by atomic mass is 16.5. The molecule has 0 rings (SSSR count). The molecule has 3 heteroatoms. The molecule has 0 spiro atoms. The number of unbranched alkanes of at least 4 members (excludes halogenated alkanes) is 7. The van der Waals surface area contributed by atoms with Crippen LogP contribution in [0.5, 0.6) is 0 Å². The minimum atomic E-state index is -0.308. The van der Waals surface area contributed by atoms with Crippen LogP contribution < -0.4 is 0 Å². The van der Waals surface area contributed by atoms with E-state index in [9.17, 15) is 4.79 Å². The van der Waals surface area contributed by atoms with Gasteiger partial charge in [0.05, 0.1) is 34.3 Å². The Labute approximate surface area is 119 Å². The minimum absolute atomic E-state index is 0.308. The van der Waals surface area contributed by atoms with Gasteiger partial charge in [0.25, 0.3) is 0 Å². The second kappa shape index (κ2) is 11.0. The molecule has 0 saturated carbocycles. The summed E-state index contributed by atoms with van der Waals surface area (Å²) in [6.07, 6.45) is 11.3. The van der Waals surface area contributed by atoms with Gasteiger partial charge in [-0.25, -0.2) is 4.79 Å². The van der Waals surface area contributed by atoms with Crippen molar-refractivity contribution in [3.05, 3.63) is 12.7 Å². The first-order valence-electron chi connectivity index (χ1n) is 7.55. The number of rotatable bonds is 12. The molecular formula is C16H32NO2+. The topological polar surface area (TPSA) is 26.3 Å². The SMILES string of the molecule is C=CC(=O)OCCCCCCCCCC[N+](C)(C)C. The van der Waals surface area contributed by atoms with Gasteiger partial charge in [-0.2, -0.15) is 0 Å². The van der Waals surface area contributed by atoms with Crippen LogP contribution in [-0.4, -0.2) is 44.7 Å². The van der Waals surface area contributed by atoms with Crippen LogP contribution in [-0.2, 0) is 9.53 Å². The van der Waals surface area contributed by atoms with Crippen molar-refractivity contribution in [1.82, 2.24) is 0 Å². The fourth-order valence-electron chi connectivity index (χ4n) is 1.98. The van der Waals surface area contributed by atoms with E-state index in [1.807, 2.05) is 0 Å². The molecule has 0 N–H and O–H groups in total. The van der Waals surface area contributed by atoms with Crippen LogP contribution >= 0.6 is 0 Å².